The third-order valence-corrected chi connectivity index (χ3v) is 5.91. The van der Waals surface area contributed by atoms with Crippen molar-refractivity contribution in [2.75, 3.05) is 13.7 Å². The molecule has 6 heteroatoms. The number of hydrogen-bond acceptors (Lipinski definition) is 4. The fourth-order valence-electron chi connectivity index (χ4n) is 4.22. The summed E-state index contributed by atoms with van der Waals surface area (Å²) >= 11 is 0. The van der Waals surface area contributed by atoms with Crippen LogP contribution in [0.3, 0.4) is 0 Å². The van der Waals surface area contributed by atoms with Crippen molar-refractivity contribution < 1.29 is 18.6 Å². The number of fused-ring (bicyclic) bond motifs is 1. The fraction of sp³-hybridized carbons (Fsp3) is 0.375. The lowest BCUT2D eigenvalue weighted by atomic mass is 9.83. The van der Waals surface area contributed by atoms with Crippen LogP contribution in [0.4, 0.5) is 4.39 Å². The quantitative estimate of drug-likeness (QED) is 0.628. The van der Waals surface area contributed by atoms with Gasteiger partial charge in [0.05, 0.1) is 23.8 Å². The number of aryl methyl sites for hydroxylation is 1. The van der Waals surface area contributed by atoms with Crippen LogP contribution >= 0.6 is 0 Å². The van der Waals surface area contributed by atoms with Crippen LogP contribution < -0.4 is 10.3 Å². The minimum absolute atomic E-state index is 0.0416. The number of aromatic nitrogens is 1. The van der Waals surface area contributed by atoms with Gasteiger partial charge in [0.25, 0.3) is 5.56 Å². The minimum Gasteiger partial charge on any atom is -0.489 e. The number of ether oxygens (including phenoxy) is 3. The van der Waals surface area contributed by atoms with Crippen LogP contribution in [0.15, 0.2) is 53.3 Å². The molecule has 0 bridgehead atoms. The van der Waals surface area contributed by atoms with Crippen molar-refractivity contribution in [2.24, 2.45) is 7.05 Å². The summed E-state index contributed by atoms with van der Waals surface area (Å²) in [7, 11) is 3.41. The minimum atomic E-state index is -0.578. The zero-order chi connectivity index (χ0) is 21.3. The molecule has 158 valence electrons. The maximum atomic E-state index is 14.4. The second-order valence-corrected chi connectivity index (χ2v) is 7.92. The van der Waals surface area contributed by atoms with E-state index < -0.39 is 5.60 Å². The zero-order valence-corrected chi connectivity index (χ0v) is 17.5. The number of hydrogen-bond donors (Lipinski definition) is 0. The third-order valence-electron chi connectivity index (χ3n) is 5.91. The Balaban J connectivity index is 1.57. The molecule has 1 saturated heterocycles. The second-order valence-electron chi connectivity index (χ2n) is 7.92. The molecule has 0 unspecified atom stereocenters. The van der Waals surface area contributed by atoms with Crippen LogP contribution in [-0.4, -0.2) is 24.4 Å². The second kappa shape index (κ2) is 8.20. The molecule has 0 radical (unpaired) electrons. The molecule has 2 atom stereocenters. The Morgan fingerprint density at radius 1 is 1.20 bits per heavy atom. The van der Waals surface area contributed by atoms with Gasteiger partial charge in [-0.2, -0.15) is 0 Å². The Bertz CT molecular complexity index is 1130. The van der Waals surface area contributed by atoms with Crippen LogP contribution in [0.1, 0.15) is 30.9 Å². The smallest absolute Gasteiger partial charge is 0.250 e. The maximum absolute atomic E-state index is 14.4. The van der Waals surface area contributed by atoms with Crippen LogP contribution in [0.2, 0.25) is 0 Å². The fourth-order valence-corrected chi connectivity index (χ4v) is 4.22. The molecular formula is C24H26FNO4. The molecule has 5 nitrogen and oxygen atoms in total. The van der Waals surface area contributed by atoms with Crippen molar-refractivity contribution >= 4 is 10.9 Å². The van der Waals surface area contributed by atoms with E-state index >= 15 is 0 Å². The molecule has 3 aromatic rings. The van der Waals surface area contributed by atoms with E-state index in [9.17, 15) is 9.18 Å². The Kier molecular flexibility index (Phi) is 5.62. The third kappa shape index (κ3) is 3.98. The summed E-state index contributed by atoms with van der Waals surface area (Å²) in [6, 6.07) is 13.9. The van der Waals surface area contributed by atoms with Gasteiger partial charge in [-0.3, -0.25) is 4.79 Å². The highest BCUT2D eigenvalue weighted by molar-refractivity contribution is 5.79. The molecular weight excluding hydrogens is 385 g/mol. The summed E-state index contributed by atoms with van der Waals surface area (Å²) in [5, 5.41) is 0.952. The zero-order valence-electron chi connectivity index (χ0n) is 17.5. The molecule has 1 aliphatic heterocycles. The van der Waals surface area contributed by atoms with E-state index in [2.05, 4.69) is 0 Å². The molecule has 2 heterocycles. The lowest BCUT2D eigenvalue weighted by Gasteiger charge is -2.39. The molecule has 0 spiro atoms. The normalized spacial score (nSPS) is 21.7. The first-order valence-corrected chi connectivity index (χ1v) is 10.1. The van der Waals surface area contributed by atoms with E-state index in [0.717, 1.165) is 22.0 Å². The topological polar surface area (TPSA) is 49.7 Å². The van der Waals surface area contributed by atoms with Gasteiger partial charge in [0, 0.05) is 39.1 Å². The van der Waals surface area contributed by atoms with E-state index in [1.807, 2.05) is 31.2 Å². The maximum Gasteiger partial charge on any atom is 0.250 e. The Morgan fingerprint density at radius 2 is 2.03 bits per heavy atom. The monoisotopic (exact) mass is 411 g/mol. The van der Waals surface area contributed by atoms with Crippen molar-refractivity contribution in [1.29, 1.82) is 0 Å². The van der Waals surface area contributed by atoms with Crippen LogP contribution in [-0.2, 0) is 28.7 Å². The van der Waals surface area contributed by atoms with Gasteiger partial charge in [-0.1, -0.05) is 6.07 Å². The van der Waals surface area contributed by atoms with E-state index in [4.69, 9.17) is 14.2 Å². The Labute approximate surface area is 175 Å². The van der Waals surface area contributed by atoms with Crippen LogP contribution in [0, 0.1) is 5.82 Å². The summed E-state index contributed by atoms with van der Waals surface area (Å²) in [5.74, 6) is 0.104. The summed E-state index contributed by atoms with van der Waals surface area (Å²) in [6.07, 6.45) is 1.37. The molecule has 1 aliphatic rings. The first-order chi connectivity index (χ1) is 14.4. The number of nitrogens with zero attached hydrogens (tertiary/aromatic N) is 1. The van der Waals surface area contributed by atoms with Gasteiger partial charge in [0.2, 0.25) is 0 Å². The number of benzene rings is 2. The van der Waals surface area contributed by atoms with E-state index in [1.165, 1.54) is 12.1 Å². The highest BCUT2D eigenvalue weighted by Gasteiger charge is 2.38. The number of rotatable bonds is 5. The first kappa shape index (κ1) is 20.6. The molecule has 1 aromatic heterocycles. The van der Waals surface area contributed by atoms with Gasteiger partial charge in [-0.25, -0.2) is 4.39 Å². The average molecular weight is 411 g/mol. The highest BCUT2D eigenvalue weighted by atomic mass is 19.1. The first-order valence-electron chi connectivity index (χ1n) is 10.1. The number of methoxy groups -OCH3 is 1. The van der Waals surface area contributed by atoms with Gasteiger partial charge in [-0.05, 0) is 53.8 Å². The molecule has 0 amide bonds. The van der Waals surface area contributed by atoms with E-state index in [0.29, 0.717) is 31.8 Å². The predicted octanol–water partition coefficient (Wildman–Crippen LogP) is 4.30. The molecule has 0 N–H and O–H groups in total. The standard InChI is InChI=1S/C24H26FNO4/c1-16-14-24(28-3,8-9-29-16)19-11-20(25)13-21(12-19)30-15-17-4-6-22-18(10-17)5-7-23(27)26(22)2/h4-7,10-13,16H,8-9,14-15H2,1-3H3/t16-,24+/m1/s1. The summed E-state index contributed by atoms with van der Waals surface area (Å²) < 4.78 is 33.4. The summed E-state index contributed by atoms with van der Waals surface area (Å²) in [6.45, 7) is 2.86. The van der Waals surface area contributed by atoms with Crippen molar-refractivity contribution in [2.45, 2.75) is 38.1 Å². The molecule has 0 aliphatic carbocycles. The van der Waals surface area contributed by atoms with E-state index in [1.54, 1.807) is 30.9 Å². The van der Waals surface area contributed by atoms with Gasteiger partial charge in [0.1, 0.15) is 18.2 Å². The molecule has 0 saturated carbocycles. The Morgan fingerprint density at radius 3 is 2.80 bits per heavy atom. The number of pyridine rings is 1. The van der Waals surface area contributed by atoms with Crippen molar-refractivity contribution in [1.82, 2.24) is 4.57 Å². The van der Waals surface area contributed by atoms with Gasteiger partial charge < -0.3 is 18.8 Å². The molecule has 2 aromatic carbocycles. The van der Waals surface area contributed by atoms with Crippen LogP contribution in [0.25, 0.3) is 10.9 Å². The Hall–Kier alpha value is -2.70. The SMILES string of the molecule is CO[C@@]1(c2cc(F)cc(OCc3ccc4c(ccc(=O)n4C)c3)c2)CCO[C@H](C)C1. The molecule has 1 fully saturated rings. The average Bonchev–Trinajstić information content (AvgIpc) is 2.74. The lowest BCUT2D eigenvalue weighted by molar-refractivity contribution is -0.122. The number of halogens is 1. The summed E-state index contributed by atoms with van der Waals surface area (Å²) in [5.41, 5.74) is 1.94. The van der Waals surface area contributed by atoms with E-state index in [-0.39, 0.29) is 17.5 Å². The predicted molar refractivity (Wildman–Crippen MR) is 113 cm³/mol. The highest BCUT2D eigenvalue weighted by Crippen LogP contribution is 2.39. The largest absolute Gasteiger partial charge is 0.489 e. The summed E-state index contributed by atoms with van der Waals surface area (Å²) in [4.78, 5) is 11.8. The van der Waals surface area contributed by atoms with Crippen molar-refractivity contribution in [3.8, 4) is 5.75 Å². The lowest BCUT2D eigenvalue weighted by Crippen LogP contribution is -2.39. The van der Waals surface area contributed by atoms with Crippen molar-refractivity contribution in [3.63, 3.8) is 0 Å². The molecule has 30 heavy (non-hydrogen) atoms. The van der Waals surface area contributed by atoms with Gasteiger partial charge >= 0.3 is 0 Å². The van der Waals surface area contributed by atoms with Gasteiger partial charge in [0.15, 0.2) is 0 Å². The molecule has 4 rings (SSSR count). The van der Waals surface area contributed by atoms with Crippen LogP contribution in [0.5, 0.6) is 5.75 Å². The van der Waals surface area contributed by atoms with Crippen molar-refractivity contribution in [3.05, 3.63) is 75.8 Å². The van der Waals surface area contributed by atoms with Gasteiger partial charge in [-0.15, -0.1) is 0 Å².